The molecule has 1 aromatic rings. The van der Waals surface area contributed by atoms with Crippen LogP contribution in [0.25, 0.3) is 0 Å². The Kier molecular flexibility index (Phi) is 4.28. The van der Waals surface area contributed by atoms with Gasteiger partial charge in [-0.3, -0.25) is 34.3 Å². The van der Waals surface area contributed by atoms with E-state index in [1.807, 2.05) is 4.90 Å². The fraction of sp³-hybridized carbons (Fsp3) is 0.545. The van der Waals surface area contributed by atoms with Crippen molar-refractivity contribution in [2.24, 2.45) is 0 Å². The Morgan fingerprint density at radius 2 is 1.68 bits per heavy atom. The number of fused-ring (bicyclic) bond motifs is 3. The van der Waals surface area contributed by atoms with Crippen LogP contribution in [0.15, 0.2) is 12.1 Å². The normalized spacial score (nSPS) is 28.6. The Morgan fingerprint density at radius 1 is 1.00 bits per heavy atom. The van der Waals surface area contributed by atoms with Gasteiger partial charge in [0.15, 0.2) is 0 Å². The molecule has 0 aromatic heterocycles. The van der Waals surface area contributed by atoms with Gasteiger partial charge in [0.2, 0.25) is 11.8 Å². The van der Waals surface area contributed by atoms with Crippen molar-refractivity contribution >= 4 is 29.3 Å². The van der Waals surface area contributed by atoms with Gasteiger partial charge < -0.3 is 4.90 Å². The lowest BCUT2D eigenvalue weighted by Gasteiger charge is -2.42. The molecule has 164 valence electrons. The number of nitrogens with one attached hydrogen (secondary N) is 1. The molecule has 3 fully saturated rings. The summed E-state index contributed by atoms with van der Waals surface area (Å²) in [5.74, 6) is -2.96. The molecule has 0 aliphatic carbocycles. The first-order valence-electron chi connectivity index (χ1n) is 10.6. The SMILES string of the molecule is CC(C)(C)N1CC2CC1CN2c1cc2c(cc1F)C(=O)N([C@H]1CCC(=O)NC1=O)C2=O. The summed E-state index contributed by atoms with van der Waals surface area (Å²) in [6.45, 7) is 7.99. The van der Waals surface area contributed by atoms with Gasteiger partial charge in [0.1, 0.15) is 11.9 Å². The molecule has 9 heteroatoms. The average molecular weight is 428 g/mol. The number of piperazine rings is 1. The van der Waals surface area contributed by atoms with Gasteiger partial charge in [-0.15, -0.1) is 0 Å². The maximum Gasteiger partial charge on any atom is 0.262 e. The molecule has 4 amide bonds. The van der Waals surface area contributed by atoms with Gasteiger partial charge in [0.25, 0.3) is 11.8 Å². The molecule has 2 unspecified atom stereocenters. The number of hydrogen-bond donors (Lipinski definition) is 1. The minimum absolute atomic E-state index is 0.0309. The molecule has 5 rings (SSSR count). The van der Waals surface area contributed by atoms with Crippen LogP contribution in [0.2, 0.25) is 0 Å². The number of nitrogens with zero attached hydrogens (tertiary/aromatic N) is 3. The lowest BCUT2D eigenvalue weighted by Crippen LogP contribution is -2.54. The van der Waals surface area contributed by atoms with Crippen LogP contribution in [0.5, 0.6) is 0 Å². The molecule has 1 N–H and O–H groups in total. The maximum atomic E-state index is 15.1. The first kappa shape index (κ1) is 20.1. The number of halogens is 1. The van der Waals surface area contributed by atoms with E-state index >= 15 is 4.39 Å². The van der Waals surface area contributed by atoms with Crippen LogP contribution in [-0.4, -0.2) is 70.2 Å². The highest BCUT2D eigenvalue weighted by atomic mass is 19.1. The monoisotopic (exact) mass is 428 g/mol. The second kappa shape index (κ2) is 6.59. The second-order valence-corrected chi connectivity index (χ2v) is 9.82. The smallest absolute Gasteiger partial charge is 0.262 e. The fourth-order valence-electron chi connectivity index (χ4n) is 5.48. The molecule has 2 bridgehead atoms. The number of carbonyl (C=O) groups excluding carboxylic acids is 4. The predicted molar refractivity (Wildman–Crippen MR) is 109 cm³/mol. The van der Waals surface area contributed by atoms with Crippen LogP contribution in [0, 0.1) is 5.82 Å². The van der Waals surface area contributed by atoms with Crippen molar-refractivity contribution in [1.29, 1.82) is 0 Å². The zero-order valence-electron chi connectivity index (χ0n) is 17.8. The van der Waals surface area contributed by atoms with Crippen molar-refractivity contribution in [3.8, 4) is 0 Å². The second-order valence-electron chi connectivity index (χ2n) is 9.82. The summed E-state index contributed by atoms with van der Waals surface area (Å²) in [4.78, 5) is 54.8. The summed E-state index contributed by atoms with van der Waals surface area (Å²) >= 11 is 0. The molecular weight excluding hydrogens is 403 g/mol. The summed E-state index contributed by atoms with van der Waals surface area (Å²) in [6.07, 6.45) is 1.05. The highest BCUT2D eigenvalue weighted by molar-refractivity contribution is 6.23. The molecule has 31 heavy (non-hydrogen) atoms. The molecule has 0 saturated carbocycles. The summed E-state index contributed by atoms with van der Waals surface area (Å²) < 4.78 is 15.1. The summed E-state index contributed by atoms with van der Waals surface area (Å²) in [5, 5.41) is 2.17. The number of imide groups is 2. The minimum atomic E-state index is -1.06. The van der Waals surface area contributed by atoms with E-state index in [4.69, 9.17) is 0 Å². The van der Waals surface area contributed by atoms with Crippen molar-refractivity contribution in [3.05, 3.63) is 29.1 Å². The van der Waals surface area contributed by atoms with Crippen molar-refractivity contribution in [2.45, 2.75) is 63.7 Å². The molecular formula is C22H25FN4O4. The van der Waals surface area contributed by atoms with E-state index in [0.29, 0.717) is 18.3 Å². The van der Waals surface area contributed by atoms with E-state index < -0.39 is 35.5 Å². The van der Waals surface area contributed by atoms with E-state index in [9.17, 15) is 19.2 Å². The molecule has 3 saturated heterocycles. The van der Waals surface area contributed by atoms with Crippen LogP contribution in [-0.2, 0) is 9.59 Å². The molecule has 8 nitrogen and oxygen atoms in total. The van der Waals surface area contributed by atoms with Crippen LogP contribution in [0.3, 0.4) is 0 Å². The van der Waals surface area contributed by atoms with Crippen molar-refractivity contribution in [3.63, 3.8) is 0 Å². The van der Waals surface area contributed by atoms with Crippen LogP contribution in [0.1, 0.15) is 60.7 Å². The first-order valence-corrected chi connectivity index (χ1v) is 10.6. The standard InChI is InChI=1S/C22H25FN4O4/c1-22(2,3)26-10-11-6-12(26)9-25(11)17-8-14-13(7-15(17)23)20(30)27(21(14)31)16-4-5-18(28)24-19(16)29/h7-8,11-12,16H,4-6,9-10H2,1-3H3,(H,24,28,29)/t11?,12?,16-/m0/s1. The van der Waals surface area contributed by atoms with Gasteiger partial charge in [0.05, 0.1) is 16.8 Å². The zero-order chi connectivity index (χ0) is 22.2. The molecule has 3 atom stereocenters. The number of hydrogen-bond acceptors (Lipinski definition) is 6. The highest BCUT2D eigenvalue weighted by Gasteiger charge is 2.49. The molecule has 4 heterocycles. The number of likely N-dealkylation sites (tertiary alicyclic amines) is 1. The van der Waals surface area contributed by atoms with Gasteiger partial charge in [-0.25, -0.2) is 4.39 Å². The van der Waals surface area contributed by atoms with E-state index in [1.165, 1.54) is 6.07 Å². The third kappa shape index (κ3) is 2.97. The van der Waals surface area contributed by atoms with E-state index in [0.717, 1.165) is 23.9 Å². The van der Waals surface area contributed by atoms with Crippen molar-refractivity contribution in [1.82, 2.24) is 15.1 Å². The lowest BCUT2D eigenvalue weighted by molar-refractivity contribution is -0.136. The Hall–Kier alpha value is -2.81. The number of benzene rings is 1. The summed E-state index contributed by atoms with van der Waals surface area (Å²) in [6, 6.07) is 1.98. The minimum Gasteiger partial charge on any atom is -0.363 e. The van der Waals surface area contributed by atoms with Gasteiger partial charge in [-0.1, -0.05) is 0 Å². The predicted octanol–water partition coefficient (Wildman–Crippen LogP) is 1.29. The molecule has 4 aliphatic heterocycles. The van der Waals surface area contributed by atoms with Gasteiger partial charge in [-0.05, 0) is 45.7 Å². The fourth-order valence-corrected chi connectivity index (χ4v) is 5.48. The van der Waals surface area contributed by atoms with Crippen LogP contribution in [0.4, 0.5) is 10.1 Å². The number of amides is 4. The van der Waals surface area contributed by atoms with Crippen molar-refractivity contribution < 1.29 is 23.6 Å². The first-order chi connectivity index (χ1) is 14.6. The Labute approximate surface area is 179 Å². The quantitative estimate of drug-likeness (QED) is 0.714. The van der Waals surface area contributed by atoms with E-state index in [-0.39, 0.29) is 35.5 Å². The molecule has 0 spiro atoms. The largest absolute Gasteiger partial charge is 0.363 e. The maximum absolute atomic E-state index is 15.1. The Morgan fingerprint density at radius 3 is 2.26 bits per heavy atom. The molecule has 1 aromatic carbocycles. The van der Waals surface area contributed by atoms with Gasteiger partial charge >= 0.3 is 0 Å². The van der Waals surface area contributed by atoms with E-state index in [1.54, 1.807) is 0 Å². The average Bonchev–Trinajstić information content (AvgIpc) is 3.35. The molecule has 4 aliphatic rings. The molecule has 0 radical (unpaired) electrons. The van der Waals surface area contributed by atoms with Gasteiger partial charge in [0, 0.05) is 37.1 Å². The summed E-state index contributed by atoms with van der Waals surface area (Å²) in [5.41, 5.74) is 0.441. The highest BCUT2D eigenvalue weighted by Crippen LogP contribution is 2.41. The van der Waals surface area contributed by atoms with Crippen LogP contribution < -0.4 is 10.2 Å². The Balaban J connectivity index is 1.43. The lowest BCUT2D eigenvalue weighted by atomic mass is 10.0. The summed E-state index contributed by atoms with van der Waals surface area (Å²) in [7, 11) is 0. The Bertz CT molecular complexity index is 1030. The zero-order valence-corrected chi connectivity index (χ0v) is 17.8. The number of anilines is 1. The third-order valence-corrected chi connectivity index (χ3v) is 6.92. The van der Waals surface area contributed by atoms with E-state index in [2.05, 4.69) is 31.0 Å². The van der Waals surface area contributed by atoms with Crippen molar-refractivity contribution in [2.75, 3.05) is 18.0 Å². The third-order valence-electron chi connectivity index (χ3n) is 6.92. The number of rotatable bonds is 2. The van der Waals surface area contributed by atoms with Gasteiger partial charge in [-0.2, -0.15) is 0 Å². The number of carbonyl (C=O) groups is 4. The van der Waals surface area contributed by atoms with Crippen LogP contribution >= 0.6 is 0 Å². The topological polar surface area (TPSA) is 90.0 Å². The number of piperidine rings is 1.